The monoisotopic (exact) mass is 342 g/mol. The lowest BCUT2D eigenvalue weighted by Crippen LogP contribution is -2.21. The molecular formula is C14H19BrN2O3. The van der Waals surface area contributed by atoms with E-state index in [0.29, 0.717) is 23.7 Å². The molecule has 1 N–H and O–H groups in total. The SMILES string of the molecule is O=[N+]([O-])c1cc(CNCCOC2CCCC2)ccc1Br. The van der Waals surface area contributed by atoms with Crippen LogP contribution in [0, 0.1) is 10.1 Å². The molecule has 0 amide bonds. The van der Waals surface area contributed by atoms with Crippen LogP contribution in [0.1, 0.15) is 31.2 Å². The number of hydrogen-bond acceptors (Lipinski definition) is 4. The van der Waals surface area contributed by atoms with Crippen LogP contribution in [0.3, 0.4) is 0 Å². The average molecular weight is 343 g/mol. The first kappa shape index (κ1) is 15.4. The molecule has 0 atom stereocenters. The first-order valence-electron chi connectivity index (χ1n) is 6.92. The topological polar surface area (TPSA) is 64.4 Å². The fourth-order valence-corrected chi connectivity index (χ4v) is 2.79. The highest BCUT2D eigenvalue weighted by molar-refractivity contribution is 9.10. The summed E-state index contributed by atoms with van der Waals surface area (Å²) in [5, 5.41) is 14.1. The number of nitro benzene ring substituents is 1. The Bertz CT molecular complexity index is 462. The first-order valence-corrected chi connectivity index (χ1v) is 7.71. The number of nitro groups is 1. The molecule has 6 heteroatoms. The normalized spacial score (nSPS) is 15.7. The Morgan fingerprint density at radius 1 is 1.40 bits per heavy atom. The Kier molecular flexibility index (Phi) is 5.94. The molecule has 110 valence electrons. The molecular weight excluding hydrogens is 324 g/mol. The van der Waals surface area contributed by atoms with Crippen LogP contribution in [0.5, 0.6) is 0 Å². The van der Waals surface area contributed by atoms with Gasteiger partial charge in [0, 0.05) is 19.2 Å². The molecule has 0 aliphatic heterocycles. The van der Waals surface area contributed by atoms with Gasteiger partial charge in [0.2, 0.25) is 0 Å². The third-order valence-corrected chi connectivity index (χ3v) is 4.14. The molecule has 0 unspecified atom stereocenters. The molecule has 0 spiro atoms. The molecule has 0 saturated heterocycles. The van der Waals surface area contributed by atoms with Crippen molar-refractivity contribution in [2.24, 2.45) is 0 Å². The Balaban J connectivity index is 1.71. The largest absolute Gasteiger partial charge is 0.377 e. The molecule has 1 aliphatic rings. The Hall–Kier alpha value is -0.980. The molecule has 2 rings (SSSR count). The maximum Gasteiger partial charge on any atom is 0.283 e. The van der Waals surface area contributed by atoms with Gasteiger partial charge in [-0.15, -0.1) is 0 Å². The smallest absolute Gasteiger partial charge is 0.283 e. The van der Waals surface area contributed by atoms with Crippen molar-refractivity contribution in [3.8, 4) is 0 Å². The van der Waals surface area contributed by atoms with Crippen molar-refractivity contribution in [3.63, 3.8) is 0 Å². The predicted octanol–water partition coefficient (Wildman–Crippen LogP) is 3.41. The van der Waals surface area contributed by atoms with Gasteiger partial charge in [0.15, 0.2) is 0 Å². The van der Waals surface area contributed by atoms with Crippen molar-refractivity contribution in [2.75, 3.05) is 13.2 Å². The number of nitrogens with one attached hydrogen (secondary N) is 1. The van der Waals surface area contributed by atoms with Crippen molar-refractivity contribution in [2.45, 2.75) is 38.3 Å². The van der Waals surface area contributed by atoms with E-state index in [4.69, 9.17) is 4.74 Å². The predicted molar refractivity (Wildman–Crippen MR) is 80.7 cm³/mol. The van der Waals surface area contributed by atoms with E-state index in [1.165, 1.54) is 25.7 Å². The summed E-state index contributed by atoms with van der Waals surface area (Å²) >= 11 is 3.18. The summed E-state index contributed by atoms with van der Waals surface area (Å²) in [5.74, 6) is 0. The second-order valence-corrected chi connectivity index (χ2v) is 5.85. The third-order valence-electron chi connectivity index (χ3n) is 3.47. The van der Waals surface area contributed by atoms with Crippen LogP contribution >= 0.6 is 15.9 Å². The van der Waals surface area contributed by atoms with Gasteiger partial charge in [0.25, 0.3) is 5.69 Å². The zero-order valence-corrected chi connectivity index (χ0v) is 12.9. The molecule has 1 saturated carbocycles. The minimum atomic E-state index is -0.378. The lowest BCUT2D eigenvalue weighted by Gasteiger charge is -2.11. The van der Waals surface area contributed by atoms with Gasteiger partial charge < -0.3 is 10.1 Å². The Morgan fingerprint density at radius 2 is 2.15 bits per heavy atom. The molecule has 0 bridgehead atoms. The molecule has 1 fully saturated rings. The second-order valence-electron chi connectivity index (χ2n) is 5.00. The number of rotatable bonds is 7. The molecule has 0 radical (unpaired) electrons. The fraction of sp³-hybridized carbons (Fsp3) is 0.571. The zero-order valence-electron chi connectivity index (χ0n) is 11.3. The summed E-state index contributed by atoms with van der Waals surface area (Å²) in [4.78, 5) is 10.5. The van der Waals surface area contributed by atoms with Crippen LogP contribution in [0.25, 0.3) is 0 Å². The van der Waals surface area contributed by atoms with E-state index in [2.05, 4.69) is 21.2 Å². The highest BCUT2D eigenvalue weighted by Crippen LogP contribution is 2.25. The molecule has 20 heavy (non-hydrogen) atoms. The standard InChI is InChI=1S/C14H19BrN2O3/c15-13-6-5-11(9-14(13)17(18)19)10-16-7-8-20-12-3-1-2-4-12/h5-6,9,12,16H,1-4,7-8,10H2. The molecule has 1 aromatic rings. The molecule has 1 aromatic carbocycles. The maximum atomic E-state index is 10.8. The van der Waals surface area contributed by atoms with Gasteiger partial charge in [0.05, 0.1) is 22.1 Å². The summed E-state index contributed by atoms with van der Waals surface area (Å²) in [5.41, 5.74) is 1.01. The second kappa shape index (κ2) is 7.71. The number of hydrogen-bond donors (Lipinski definition) is 1. The number of halogens is 1. The summed E-state index contributed by atoms with van der Waals surface area (Å²) in [7, 11) is 0. The van der Waals surface area contributed by atoms with Crippen molar-refractivity contribution in [1.82, 2.24) is 5.32 Å². The van der Waals surface area contributed by atoms with Gasteiger partial charge in [-0.2, -0.15) is 0 Å². The van der Waals surface area contributed by atoms with Crippen LogP contribution in [0.4, 0.5) is 5.69 Å². The maximum absolute atomic E-state index is 10.8. The van der Waals surface area contributed by atoms with E-state index in [1.807, 2.05) is 6.07 Å². The summed E-state index contributed by atoms with van der Waals surface area (Å²) < 4.78 is 6.25. The van der Waals surface area contributed by atoms with Gasteiger partial charge in [-0.25, -0.2) is 0 Å². The average Bonchev–Trinajstić information content (AvgIpc) is 2.93. The Morgan fingerprint density at radius 3 is 2.85 bits per heavy atom. The van der Waals surface area contributed by atoms with Crippen molar-refractivity contribution in [1.29, 1.82) is 0 Å². The zero-order chi connectivity index (χ0) is 14.4. The molecule has 0 heterocycles. The van der Waals surface area contributed by atoms with Crippen LogP contribution in [0.15, 0.2) is 22.7 Å². The highest BCUT2D eigenvalue weighted by atomic mass is 79.9. The quantitative estimate of drug-likeness (QED) is 0.468. The van der Waals surface area contributed by atoms with E-state index < -0.39 is 0 Å². The van der Waals surface area contributed by atoms with Crippen LogP contribution in [0.2, 0.25) is 0 Å². The summed E-state index contributed by atoms with van der Waals surface area (Å²) in [6.45, 7) is 2.08. The van der Waals surface area contributed by atoms with Crippen LogP contribution in [-0.4, -0.2) is 24.2 Å². The lowest BCUT2D eigenvalue weighted by atomic mass is 10.2. The summed E-state index contributed by atoms with van der Waals surface area (Å²) in [6.07, 6.45) is 5.35. The highest BCUT2D eigenvalue weighted by Gasteiger charge is 2.15. The van der Waals surface area contributed by atoms with Gasteiger partial charge in [-0.1, -0.05) is 18.9 Å². The van der Waals surface area contributed by atoms with E-state index in [0.717, 1.165) is 12.1 Å². The van der Waals surface area contributed by atoms with Gasteiger partial charge in [0.1, 0.15) is 0 Å². The van der Waals surface area contributed by atoms with Crippen LogP contribution < -0.4 is 5.32 Å². The third kappa shape index (κ3) is 4.54. The minimum absolute atomic E-state index is 0.103. The van der Waals surface area contributed by atoms with Crippen LogP contribution in [-0.2, 0) is 11.3 Å². The fourth-order valence-electron chi connectivity index (χ4n) is 2.39. The Labute approximate surface area is 127 Å². The van der Waals surface area contributed by atoms with Gasteiger partial charge >= 0.3 is 0 Å². The first-order chi connectivity index (χ1) is 9.66. The van der Waals surface area contributed by atoms with Crippen molar-refractivity contribution >= 4 is 21.6 Å². The molecule has 5 nitrogen and oxygen atoms in total. The van der Waals surface area contributed by atoms with E-state index in [-0.39, 0.29) is 10.6 Å². The van der Waals surface area contributed by atoms with Gasteiger partial charge in [-0.05, 0) is 40.4 Å². The minimum Gasteiger partial charge on any atom is -0.377 e. The van der Waals surface area contributed by atoms with Crippen molar-refractivity contribution in [3.05, 3.63) is 38.3 Å². The number of nitrogens with zero attached hydrogens (tertiary/aromatic N) is 1. The number of benzene rings is 1. The molecule has 1 aliphatic carbocycles. The molecule has 0 aromatic heterocycles. The van der Waals surface area contributed by atoms with E-state index in [1.54, 1.807) is 12.1 Å². The van der Waals surface area contributed by atoms with Gasteiger partial charge in [-0.3, -0.25) is 10.1 Å². The lowest BCUT2D eigenvalue weighted by molar-refractivity contribution is -0.385. The summed E-state index contributed by atoms with van der Waals surface area (Å²) in [6, 6.07) is 5.18. The van der Waals surface area contributed by atoms with E-state index >= 15 is 0 Å². The van der Waals surface area contributed by atoms with E-state index in [9.17, 15) is 10.1 Å². The number of ether oxygens (including phenoxy) is 1. The van der Waals surface area contributed by atoms with Crippen molar-refractivity contribution < 1.29 is 9.66 Å².